The van der Waals surface area contributed by atoms with Gasteiger partial charge in [-0.2, -0.15) is 0 Å². The Labute approximate surface area is 132 Å². The highest BCUT2D eigenvalue weighted by Gasteiger charge is 2.15. The second kappa shape index (κ2) is 6.76. The van der Waals surface area contributed by atoms with E-state index in [0.717, 1.165) is 0 Å². The Bertz CT molecular complexity index is 620. The maximum absolute atomic E-state index is 13.8. The molecule has 0 aromatic heterocycles. The van der Waals surface area contributed by atoms with Gasteiger partial charge in [-0.1, -0.05) is 28.1 Å². The van der Waals surface area contributed by atoms with Crippen LogP contribution in [0, 0.1) is 11.6 Å². The van der Waals surface area contributed by atoms with Gasteiger partial charge in [0, 0.05) is 4.47 Å². The zero-order chi connectivity index (χ0) is 14.7. The molecule has 0 radical (unpaired) electrons. The molecule has 0 saturated carbocycles. The molecule has 2 aromatic carbocycles. The number of hydrogen-bond donors (Lipinski definition) is 2. The highest BCUT2D eigenvalue weighted by Crippen LogP contribution is 2.25. The van der Waals surface area contributed by atoms with E-state index in [0.29, 0.717) is 26.5 Å². The first kappa shape index (κ1) is 15.6. The summed E-state index contributed by atoms with van der Waals surface area (Å²) in [6.45, 7) is 0. The largest absolute Gasteiger partial charge is 0.271 e. The van der Waals surface area contributed by atoms with Crippen LogP contribution >= 0.6 is 31.9 Å². The quantitative estimate of drug-likeness (QED) is 0.589. The van der Waals surface area contributed by atoms with Crippen LogP contribution in [0.1, 0.15) is 17.2 Å². The molecule has 1 atom stereocenters. The Morgan fingerprint density at radius 2 is 1.80 bits per heavy atom. The van der Waals surface area contributed by atoms with E-state index in [1.54, 1.807) is 24.3 Å². The number of hydrogen-bond acceptors (Lipinski definition) is 2. The maximum atomic E-state index is 13.8. The Balaban J connectivity index is 2.26. The van der Waals surface area contributed by atoms with Crippen LogP contribution < -0.4 is 11.3 Å². The topological polar surface area (TPSA) is 38.0 Å². The van der Waals surface area contributed by atoms with Crippen molar-refractivity contribution in [2.75, 3.05) is 0 Å². The number of benzene rings is 2. The molecule has 0 aliphatic rings. The van der Waals surface area contributed by atoms with Crippen molar-refractivity contribution in [2.45, 2.75) is 12.5 Å². The van der Waals surface area contributed by atoms with Gasteiger partial charge in [0.25, 0.3) is 0 Å². The van der Waals surface area contributed by atoms with E-state index in [4.69, 9.17) is 5.84 Å². The summed E-state index contributed by atoms with van der Waals surface area (Å²) in [4.78, 5) is 0. The smallest absolute Gasteiger partial charge is 0.137 e. The van der Waals surface area contributed by atoms with E-state index in [9.17, 15) is 8.78 Å². The standard InChI is InChI=1S/C14H12Br2F2N2/c15-10-3-1-8(12(17)7-10)6-14(20-19)9-2-4-11(16)13(18)5-9/h1-5,7,14,20H,6,19H2. The first-order valence-corrected chi connectivity index (χ1v) is 7.45. The Morgan fingerprint density at radius 1 is 1.05 bits per heavy atom. The van der Waals surface area contributed by atoms with Crippen LogP contribution in [-0.4, -0.2) is 0 Å². The lowest BCUT2D eigenvalue weighted by Gasteiger charge is -2.17. The molecule has 2 rings (SSSR count). The van der Waals surface area contributed by atoms with Crippen molar-refractivity contribution in [2.24, 2.45) is 5.84 Å². The van der Waals surface area contributed by atoms with E-state index in [1.807, 2.05) is 0 Å². The van der Waals surface area contributed by atoms with Crippen LogP contribution in [0.4, 0.5) is 8.78 Å². The second-order valence-corrected chi connectivity index (χ2v) is 6.10. The molecule has 2 aromatic rings. The van der Waals surface area contributed by atoms with Crippen LogP contribution in [-0.2, 0) is 6.42 Å². The van der Waals surface area contributed by atoms with Crippen molar-refractivity contribution < 1.29 is 8.78 Å². The minimum atomic E-state index is -0.376. The fraction of sp³-hybridized carbons (Fsp3) is 0.143. The van der Waals surface area contributed by atoms with Gasteiger partial charge in [0.2, 0.25) is 0 Å². The van der Waals surface area contributed by atoms with Gasteiger partial charge in [-0.25, -0.2) is 8.78 Å². The molecule has 6 heteroatoms. The molecule has 0 spiro atoms. The highest BCUT2D eigenvalue weighted by molar-refractivity contribution is 9.10. The summed E-state index contributed by atoms with van der Waals surface area (Å²) in [5.41, 5.74) is 3.77. The molecule has 2 nitrogen and oxygen atoms in total. The molecule has 0 aliphatic heterocycles. The number of nitrogens with one attached hydrogen (secondary N) is 1. The van der Waals surface area contributed by atoms with Gasteiger partial charge in [-0.05, 0) is 57.7 Å². The molecule has 20 heavy (non-hydrogen) atoms. The van der Waals surface area contributed by atoms with E-state index >= 15 is 0 Å². The normalized spacial score (nSPS) is 12.4. The molecular weight excluding hydrogens is 394 g/mol. The van der Waals surface area contributed by atoms with Crippen molar-refractivity contribution in [3.8, 4) is 0 Å². The Morgan fingerprint density at radius 3 is 2.40 bits per heavy atom. The van der Waals surface area contributed by atoms with Crippen molar-refractivity contribution in [1.29, 1.82) is 0 Å². The van der Waals surface area contributed by atoms with Gasteiger partial charge < -0.3 is 0 Å². The maximum Gasteiger partial charge on any atom is 0.137 e. The lowest BCUT2D eigenvalue weighted by atomic mass is 9.99. The molecular formula is C14H12Br2F2N2. The molecule has 3 N–H and O–H groups in total. The van der Waals surface area contributed by atoms with E-state index in [2.05, 4.69) is 37.3 Å². The van der Waals surface area contributed by atoms with Gasteiger partial charge in [-0.3, -0.25) is 11.3 Å². The molecule has 0 fully saturated rings. The zero-order valence-electron chi connectivity index (χ0n) is 10.3. The van der Waals surface area contributed by atoms with Crippen LogP contribution in [0.15, 0.2) is 45.3 Å². The number of halogens is 4. The summed E-state index contributed by atoms with van der Waals surface area (Å²) in [5.74, 6) is 4.81. The predicted octanol–water partition coefficient (Wildman–Crippen LogP) is 4.24. The molecule has 0 heterocycles. The van der Waals surface area contributed by atoms with E-state index < -0.39 is 0 Å². The molecule has 106 valence electrons. The number of rotatable bonds is 4. The number of hydrazine groups is 1. The summed E-state index contributed by atoms with van der Waals surface area (Å²) in [7, 11) is 0. The fourth-order valence-electron chi connectivity index (χ4n) is 1.91. The monoisotopic (exact) mass is 404 g/mol. The van der Waals surface area contributed by atoms with Crippen LogP contribution in [0.5, 0.6) is 0 Å². The minimum absolute atomic E-state index is 0.322. The van der Waals surface area contributed by atoms with Crippen LogP contribution in [0.25, 0.3) is 0 Å². The second-order valence-electron chi connectivity index (χ2n) is 4.33. The highest BCUT2D eigenvalue weighted by atomic mass is 79.9. The molecule has 0 aliphatic carbocycles. The fourth-order valence-corrected chi connectivity index (χ4v) is 2.49. The van der Waals surface area contributed by atoms with Gasteiger partial charge >= 0.3 is 0 Å². The molecule has 0 amide bonds. The van der Waals surface area contributed by atoms with Gasteiger partial charge in [0.1, 0.15) is 11.6 Å². The molecule has 0 bridgehead atoms. The van der Waals surface area contributed by atoms with Gasteiger partial charge in [0.15, 0.2) is 0 Å². The van der Waals surface area contributed by atoms with Crippen molar-refractivity contribution in [1.82, 2.24) is 5.43 Å². The first-order chi connectivity index (χ1) is 9.51. The Kier molecular flexibility index (Phi) is 5.26. The summed E-state index contributed by atoms with van der Waals surface area (Å²) in [6, 6.07) is 9.19. The summed E-state index contributed by atoms with van der Waals surface area (Å²) in [5, 5.41) is 0. The third-order valence-electron chi connectivity index (χ3n) is 2.99. The van der Waals surface area contributed by atoms with E-state index in [1.165, 1.54) is 12.1 Å². The minimum Gasteiger partial charge on any atom is -0.271 e. The third kappa shape index (κ3) is 3.63. The van der Waals surface area contributed by atoms with Gasteiger partial charge in [0.05, 0.1) is 10.5 Å². The summed E-state index contributed by atoms with van der Waals surface area (Å²) in [6.07, 6.45) is 0.330. The van der Waals surface area contributed by atoms with E-state index in [-0.39, 0.29) is 17.7 Å². The Hall–Kier alpha value is -0.820. The average Bonchev–Trinajstić information content (AvgIpc) is 2.41. The molecule has 1 unspecified atom stereocenters. The lowest BCUT2D eigenvalue weighted by molar-refractivity contribution is 0.524. The van der Waals surface area contributed by atoms with Crippen molar-refractivity contribution >= 4 is 31.9 Å². The zero-order valence-corrected chi connectivity index (χ0v) is 13.5. The SMILES string of the molecule is NNC(Cc1ccc(Br)cc1F)c1ccc(Br)c(F)c1. The average molecular weight is 406 g/mol. The van der Waals surface area contributed by atoms with Crippen molar-refractivity contribution in [3.63, 3.8) is 0 Å². The predicted molar refractivity (Wildman–Crippen MR) is 82.0 cm³/mol. The summed E-state index contributed by atoms with van der Waals surface area (Å²) < 4.78 is 28.4. The van der Waals surface area contributed by atoms with Crippen LogP contribution in [0.3, 0.4) is 0 Å². The number of nitrogens with two attached hydrogens (primary N) is 1. The summed E-state index contributed by atoms with van der Waals surface area (Å²) >= 11 is 6.30. The third-order valence-corrected chi connectivity index (χ3v) is 4.12. The first-order valence-electron chi connectivity index (χ1n) is 5.86. The van der Waals surface area contributed by atoms with Gasteiger partial charge in [-0.15, -0.1) is 0 Å². The molecule has 0 saturated heterocycles. The van der Waals surface area contributed by atoms with Crippen LogP contribution in [0.2, 0.25) is 0 Å². The van der Waals surface area contributed by atoms with Crippen molar-refractivity contribution in [3.05, 3.63) is 68.1 Å². The lowest BCUT2D eigenvalue weighted by Crippen LogP contribution is -2.29.